The first-order valence-electron chi connectivity index (χ1n) is 8.05. The molecular formula is C16H30N2O2. The molecule has 3 unspecified atom stereocenters. The number of carbonyl (C=O) groups excluding carboxylic acids is 1. The van der Waals surface area contributed by atoms with Crippen LogP contribution < -0.4 is 5.32 Å². The van der Waals surface area contributed by atoms with Crippen molar-refractivity contribution in [2.24, 2.45) is 5.92 Å². The second kappa shape index (κ2) is 6.33. The maximum Gasteiger partial charge on any atom is 0.317 e. The van der Waals surface area contributed by atoms with Gasteiger partial charge in [0.1, 0.15) is 0 Å². The molecule has 1 aliphatic heterocycles. The van der Waals surface area contributed by atoms with Crippen LogP contribution in [0.2, 0.25) is 0 Å². The molecule has 0 radical (unpaired) electrons. The van der Waals surface area contributed by atoms with E-state index in [4.69, 9.17) is 4.74 Å². The maximum absolute atomic E-state index is 12.5. The third kappa shape index (κ3) is 3.66. The van der Waals surface area contributed by atoms with Crippen molar-refractivity contribution >= 4 is 6.03 Å². The number of fused-ring (bicyclic) bond motifs is 1. The van der Waals surface area contributed by atoms with E-state index in [-0.39, 0.29) is 17.7 Å². The molecule has 0 aromatic carbocycles. The Morgan fingerprint density at radius 3 is 2.75 bits per heavy atom. The van der Waals surface area contributed by atoms with Crippen molar-refractivity contribution in [1.29, 1.82) is 0 Å². The van der Waals surface area contributed by atoms with Gasteiger partial charge in [-0.1, -0.05) is 12.8 Å². The van der Waals surface area contributed by atoms with Gasteiger partial charge < -0.3 is 15.0 Å². The van der Waals surface area contributed by atoms with Gasteiger partial charge in [0.15, 0.2) is 0 Å². The second-order valence-electron chi connectivity index (χ2n) is 7.11. The molecule has 0 aromatic heterocycles. The highest BCUT2D eigenvalue weighted by Gasteiger charge is 2.38. The van der Waals surface area contributed by atoms with E-state index in [0.29, 0.717) is 6.04 Å². The monoisotopic (exact) mass is 282 g/mol. The summed E-state index contributed by atoms with van der Waals surface area (Å²) in [5.41, 5.74) is -0.189. The first-order chi connectivity index (χ1) is 9.43. The third-order valence-corrected chi connectivity index (χ3v) is 4.99. The van der Waals surface area contributed by atoms with Gasteiger partial charge in [0, 0.05) is 25.7 Å². The summed E-state index contributed by atoms with van der Waals surface area (Å²) in [6.07, 6.45) is 7.14. The van der Waals surface area contributed by atoms with Crippen LogP contribution in [0.5, 0.6) is 0 Å². The molecule has 1 aliphatic carbocycles. The average molecular weight is 282 g/mol. The first kappa shape index (κ1) is 15.6. The number of rotatable bonds is 4. The fourth-order valence-electron chi connectivity index (χ4n) is 3.82. The predicted molar refractivity (Wildman–Crippen MR) is 80.8 cm³/mol. The molecule has 1 saturated carbocycles. The number of amides is 2. The molecule has 116 valence electrons. The van der Waals surface area contributed by atoms with E-state index in [0.717, 1.165) is 18.9 Å². The number of ether oxygens (including phenoxy) is 1. The highest BCUT2D eigenvalue weighted by atomic mass is 16.5. The molecule has 1 N–H and O–H groups in total. The van der Waals surface area contributed by atoms with Crippen LogP contribution in [0, 0.1) is 5.92 Å². The molecule has 1 saturated heterocycles. The SMILES string of the molecule is COC(C)(C)CC(C)NC(=O)N1CCC2CCCCC21. The van der Waals surface area contributed by atoms with Crippen molar-refractivity contribution in [2.45, 2.75) is 77.0 Å². The van der Waals surface area contributed by atoms with Crippen LogP contribution >= 0.6 is 0 Å². The minimum atomic E-state index is -0.189. The van der Waals surface area contributed by atoms with Gasteiger partial charge >= 0.3 is 6.03 Å². The summed E-state index contributed by atoms with van der Waals surface area (Å²) in [4.78, 5) is 14.5. The van der Waals surface area contributed by atoms with Crippen molar-refractivity contribution in [2.75, 3.05) is 13.7 Å². The lowest BCUT2D eigenvalue weighted by molar-refractivity contribution is 0.00904. The van der Waals surface area contributed by atoms with Crippen LogP contribution in [0.1, 0.15) is 59.3 Å². The summed E-state index contributed by atoms with van der Waals surface area (Å²) >= 11 is 0. The second-order valence-corrected chi connectivity index (χ2v) is 7.11. The van der Waals surface area contributed by atoms with Gasteiger partial charge in [-0.2, -0.15) is 0 Å². The number of likely N-dealkylation sites (tertiary alicyclic amines) is 1. The van der Waals surface area contributed by atoms with E-state index >= 15 is 0 Å². The van der Waals surface area contributed by atoms with Gasteiger partial charge in [0.25, 0.3) is 0 Å². The van der Waals surface area contributed by atoms with E-state index in [1.165, 1.54) is 32.1 Å². The quantitative estimate of drug-likeness (QED) is 0.860. The number of carbonyl (C=O) groups is 1. The van der Waals surface area contributed by atoms with E-state index in [9.17, 15) is 4.79 Å². The van der Waals surface area contributed by atoms with Crippen LogP contribution in [0.15, 0.2) is 0 Å². The lowest BCUT2D eigenvalue weighted by Gasteiger charge is -2.33. The molecule has 0 bridgehead atoms. The number of nitrogens with one attached hydrogen (secondary N) is 1. The maximum atomic E-state index is 12.5. The van der Waals surface area contributed by atoms with Crippen molar-refractivity contribution in [3.05, 3.63) is 0 Å². The van der Waals surface area contributed by atoms with Crippen molar-refractivity contribution < 1.29 is 9.53 Å². The van der Waals surface area contributed by atoms with E-state index in [2.05, 4.69) is 31.0 Å². The van der Waals surface area contributed by atoms with Crippen LogP contribution in [0.25, 0.3) is 0 Å². The zero-order valence-electron chi connectivity index (χ0n) is 13.4. The Morgan fingerprint density at radius 1 is 1.35 bits per heavy atom. The average Bonchev–Trinajstić information content (AvgIpc) is 2.81. The fraction of sp³-hybridized carbons (Fsp3) is 0.938. The molecule has 2 rings (SSSR count). The smallest absolute Gasteiger partial charge is 0.317 e. The summed E-state index contributed by atoms with van der Waals surface area (Å²) < 4.78 is 5.44. The van der Waals surface area contributed by atoms with Crippen molar-refractivity contribution in [1.82, 2.24) is 10.2 Å². The van der Waals surface area contributed by atoms with Gasteiger partial charge in [-0.15, -0.1) is 0 Å². The van der Waals surface area contributed by atoms with Gasteiger partial charge in [-0.3, -0.25) is 0 Å². The van der Waals surface area contributed by atoms with Gasteiger partial charge in [-0.25, -0.2) is 4.79 Å². The molecule has 4 nitrogen and oxygen atoms in total. The predicted octanol–water partition coefficient (Wildman–Crippen LogP) is 3.16. The molecule has 2 fully saturated rings. The van der Waals surface area contributed by atoms with Gasteiger partial charge in [0.05, 0.1) is 5.60 Å². The lowest BCUT2D eigenvalue weighted by atomic mass is 9.85. The Bertz CT molecular complexity index is 343. The van der Waals surface area contributed by atoms with Crippen LogP contribution in [0.4, 0.5) is 4.79 Å². The van der Waals surface area contributed by atoms with Crippen LogP contribution in [0.3, 0.4) is 0 Å². The summed E-state index contributed by atoms with van der Waals surface area (Å²) in [7, 11) is 1.72. The normalized spacial score (nSPS) is 28.1. The Hall–Kier alpha value is -0.770. The molecule has 3 atom stereocenters. The van der Waals surface area contributed by atoms with Crippen molar-refractivity contribution in [3.8, 4) is 0 Å². The number of urea groups is 1. The summed E-state index contributed by atoms with van der Waals surface area (Å²) in [6.45, 7) is 7.11. The minimum Gasteiger partial charge on any atom is -0.379 e. The topological polar surface area (TPSA) is 41.6 Å². The highest BCUT2D eigenvalue weighted by molar-refractivity contribution is 5.75. The highest BCUT2D eigenvalue weighted by Crippen LogP contribution is 2.36. The molecule has 1 heterocycles. The fourth-order valence-corrected chi connectivity index (χ4v) is 3.82. The summed E-state index contributed by atoms with van der Waals surface area (Å²) in [5.74, 6) is 0.750. The summed E-state index contributed by atoms with van der Waals surface area (Å²) in [6, 6.07) is 0.755. The van der Waals surface area contributed by atoms with Crippen molar-refractivity contribution in [3.63, 3.8) is 0 Å². The lowest BCUT2D eigenvalue weighted by Crippen LogP contribution is -2.49. The van der Waals surface area contributed by atoms with Crippen LogP contribution in [-0.2, 0) is 4.74 Å². The largest absolute Gasteiger partial charge is 0.379 e. The number of methoxy groups -OCH3 is 1. The third-order valence-electron chi connectivity index (χ3n) is 4.99. The van der Waals surface area contributed by atoms with E-state index in [1.54, 1.807) is 7.11 Å². The Kier molecular flexibility index (Phi) is 4.95. The number of hydrogen-bond acceptors (Lipinski definition) is 2. The zero-order valence-corrected chi connectivity index (χ0v) is 13.4. The molecular weight excluding hydrogens is 252 g/mol. The van der Waals surface area contributed by atoms with Crippen LogP contribution in [-0.4, -0.2) is 42.3 Å². The van der Waals surface area contributed by atoms with E-state index in [1.807, 2.05) is 0 Å². The Morgan fingerprint density at radius 2 is 2.05 bits per heavy atom. The molecule has 2 aliphatic rings. The molecule has 4 heteroatoms. The summed E-state index contributed by atoms with van der Waals surface area (Å²) in [5, 5.41) is 3.15. The Labute approximate surface area is 123 Å². The molecule has 0 aromatic rings. The molecule has 20 heavy (non-hydrogen) atoms. The first-order valence-corrected chi connectivity index (χ1v) is 8.05. The number of hydrogen-bond donors (Lipinski definition) is 1. The molecule has 0 spiro atoms. The Balaban J connectivity index is 1.85. The van der Waals surface area contributed by atoms with Gasteiger partial charge in [0.2, 0.25) is 0 Å². The van der Waals surface area contributed by atoms with E-state index < -0.39 is 0 Å². The number of nitrogens with zero attached hydrogens (tertiary/aromatic N) is 1. The van der Waals surface area contributed by atoms with Gasteiger partial charge in [-0.05, 0) is 52.4 Å². The zero-order chi connectivity index (χ0) is 14.8. The molecule has 2 amide bonds. The minimum absolute atomic E-state index is 0.124. The standard InChI is InChI=1S/C16H30N2O2/c1-12(11-16(2,3)20-4)17-15(19)18-10-9-13-7-5-6-8-14(13)18/h12-14H,5-11H2,1-4H3,(H,17,19).